The molecule has 0 aliphatic heterocycles. The maximum absolute atomic E-state index is 2.33. The van der Waals surface area contributed by atoms with E-state index in [0.29, 0.717) is 5.92 Å². The molecule has 0 heterocycles. The van der Waals surface area contributed by atoms with Crippen molar-refractivity contribution in [3.05, 3.63) is 72.3 Å². The number of allylic oxidation sites excluding steroid dienone is 4. The molecule has 0 radical (unpaired) electrons. The summed E-state index contributed by atoms with van der Waals surface area (Å²) in [6.07, 6.45) is 11.3. The monoisotopic (exact) mass is 220 g/mol. The number of rotatable bonds is 1. The van der Waals surface area contributed by atoms with Crippen molar-refractivity contribution >= 4 is 10.8 Å². The van der Waals surface area contributed by atoms with Crippen LogP contribution in [0, 0.1) is 0 Å². The van der Waals surface area contributed by atoms with Crippen molar-refractivity contribution in [2.24, 2.45) is 0 Å². The lowest BCUT2D eigenvalue weighted by molar-refractivity contribution is 0.757. The highest BCUT2D eigenvalue weighted by Crippen LogP contribution is 2.27. The molecule has 17 heavy (non-hydrogen) atoms. The fraction of sp³-hybridized carbons (Fsp3) is 0.176. The van der Waals surface area contributed by atoms with Crippen LogP contribution >= 0.6 is 0 Å². The normalized spacial score (nSPS) is 19.4. The second-order valence-corrected chi connectivity index (χ2v) is 4.60. The average Bonchev–Trinajstić information content (AvgIpc) is 2.67. The molecule has 2 aromatic carbocycles. The first kappa shape index (κ1) is 10.3. The molecule has 0 nitrogen and oxygen atoms in total. The van der Waals surface area contributed by atoms with Gasteiger partial charge in [0.2, 0.25) is 0 Å². The quantitative estimate of drug-likeness (QED) is 0.645. The van der Waals surface area contributed by atoms with Gasteiger partial charge in [0.05, 0.1) is 0 Å². The summed E-state index contributed by atoms with van der Waals surface area (Å²) in [7, 11) is 0. The van der Waals surface area contributed by atoms with E-state index in [1.54, 1.807) is 0 Å². The van der Waals surface area contributed by atoms with Crippen molar-refractivity contribution in [1.29, 1.82) is 0 Å². The minimum atomic E-state index is 0.564. The summed E-state index contributed by atoms with van der Waals surface area (Å²) in [6, 6.07) is 15.4. The van der Waals surface area contributed by atoms with Gasteiger partial charge in [-0.05, 0) is 29.2 Å². The van der Waals surface area contributed by atoms with Gasteiger partial charge >= 0.3 is 0 Å². The van der Waals surface area contributed by atoms with Gasteiger partial charge in [-0.25, -0.2) is 0 Å². The molecule has 2 aromatic rings. The maximum atomic E-state index is 2.33. The van der Waals surface area contributed by atoms with Crippen molar-refractivity contribution in [2.75, 3.05) is 0 Å². The van der Waals surface area contributed by atoms with E-state index in [2.05, 4.69) is 66.8 Å². The first-order chi connectivity index (χ1) is 8.43. The Labute approximate surface area is 102 Å². The zero-order valence-corrected chi connectivity index (χ0v) is 9.84. The summed E-state index contributed by atoms with van der Waals surface area (Å²) in [5, 5.41) is 2.67. The smallest absolute Gasteiger partial charge is 0.00242 e. The molecule has 0 spiro atoms. The zero-order chi connectivity index (χ0) is 11.5. The minimum Gasteiger partial charge on any atom is -0.0845 e. The van der Waals surface area contributed by atoms with E-state index < -0.39 is 0 Å². The third kappa shape index (κ3) is 2.16. The summed E-state index contributed by atoms with van der Waals surface area (Å²) in [4.78, 5) is 0. The summed E-state index contributed by atoms with van der Waals surface area (Å²) in [5.41, 5.74) is 1.43. The van der Waals surface area contributed by atoms with E-state index in [-0.39, 0.29) is 0 Å². The van der Waals surface area contributed by atoms with Crippen LogP contribution in [-0.2, 0) is 0 Å². The van der Waals surface area contributed by atoms with Crippen molar-refractivity contribution < 1.29 is 0 Å². The van der Waals surface area contributed by atoms with Gasteiger partial charge in [-0.1, -0.05) is 66.8 Å². The molecule has 84 valence electrons. The largest absolute Gasteiger partial charge is 0.0845 e. The van der Waals surface area contributed by atoms with Crippen LogP contribution in [0.4, 0.5) is 0 Å². The summed E-state index contributed by atoms with van der Waals surface area (Å²) >= 11 is 0. The van der Waals surface area contributed by atoms with Gasteiger partial charge in [-0.3, -0.25) is 0 Å². The Morgan fingerprint density at radius 2 is 1.76 bits per heavy atom. The van der Waals surface area contributed by atoms with E-state index in [1.807, 2.05) is 0 Å². The Morgan fingerprint density at radius 1 is 0.882 bits per heavy atom. The molecule has 0 bridgehead atoms. The van der Waals surface area contributed by atoms with Gasteiger partial charge in [0.1, 0.15) is 0 Å². The van der Waals surface area contributed by atoms with Crippen molar-refractivity contribution in [3.8, 4) is 0 Å². The van der Waals surface area contributed by atoms with Crippen LogP contribution in [0.2, 0.25) is 0 Å². The van der Waals surface area contributed by atoms with E-state index in [9.17, 15) is 0 Å². The summed E-state index contributed by atoms with van der Waals surface area (Å²) in [5.74, 6) is 0.564. The van der Waals surface area contributed by atoms with Gasteiger partial charge in [0.15, 0.2) is 0 Å². The predicted molar refractivity (Wildman–Crippen MR) is 74.2 cm³/mol. The second-order valence-electron chi connectivity index (χ2n) is 4.60. The van der Waals surface area contributed by atoms with Gasteiger partial charge < -0.3 is 0 Å². The highest BCUT2D eigenvalue weighted by molar-refractivity contribution is 5.83. The first-order valence-electron chi connectivity index (χ1n) is 6.25. The molecular weight excluding hydrogens is 204 g/mol. The molecule has 3 rings (SSSR count). The van der Waals surface area contributed by atoms with E-state index >= 15 is 0 Å². The SMILES string of the molecule is C1=CCCC(c2ccc3ccccc3c2)C=C1. The van der Waals surface area contributed by atoms with E-state index in [0.717, 1.165) is 0 Å². The molecule has 0 N–H and O–H groups in total. The molecular formula is C17H16. The molecule has 1 atom stereocenters. The topological polar surface area (TPSA) is 0 Å². The Morgan fingerprint density at radius 3 is 2.71 bits per heavy atom. The average molecular weight is 220 g/mol. The molecule has 1 aliphatic rings. The van der Waals surface area contributed by atoms with Crippen molar-refractivity contribution in [3.63, 3.8) is 0 Å². The Balaban J connectivity index is 2.00. The van der Waals surface area contributed by atoms with Crippen LogP contribution in [0.25, 0.3) is 10.8 Å². The fourth-order valence-electron chi connectivity index (χ4n) is 2.46. The Kier molecular flexibility index (Phi) is 2.79. The van der Waals surface area contributed by atoms with Crippen LogP contribution < -0.4 is 0 Å². The van der Waals surface area contributed by atoms with Gasteiger partial charge in [0.25, 0.3) is 0 Å². The van der Waals surface area contributed by atoms with E-state index in [4.69, 9.17) is 0 Å². The van der Waals surface area contributed by atoms with Crippen molar-refractivity contribution in [2.45, 2.75) is 18.8 Å². The van der Waals surface area contributed by atoms with Crippen LogP contribution in [0.5, 0.6) is 0 Å². The lowest BCUT2D eigenvalue weighted by Gasteiger charge is -2.12. The number of benzene rings is 2. The lowest BCUT2D eigenvalue weighted by Crippen LogP contribution is -1.94. The third-order valence-corrected chi connectivity index (χ3v) is 3.44. The predicted octanol–water partition coefficient (Wildman–Crippen LogP) is 4.83. The fourth-order valence-corrected chi connectivity index (χ4v) is 2.46. The standard InChI is InChI=1S/C17H16/c1-2-4-8-14(7-3-1)17-12-11-15-9-5-6-10-16(15)13-17/h1-3,5-7,9-14H,4,8H2. The Hall–Kier alpha value is -1.82. The molecule has 0 saturated heterocycles. The summed E-state index contributed by atoms with van der Waals surface area (Å²) < 4.78 is 0. The summed E-state index contributed by atoms with van der Waals surface area (Å²) in [6.45, 7) is 0. The van der Waals surface area contributed by atoms with Gasteiger partial charge in [0, 0.05) is 5.92 Å². The number of hydrogen-bond acceptors (Lipinski definition) is 0. The molecule has 0 saturated carbocycles. The van der Waals surface area contributed by atoms with E-state index in [1.165, 1.54) is 29.2 Å². The molecule has 1 aliphatic carbocycles. The molecule has 0 fully saturated rings. The van der Waals surface area contributed by atoms with Crippen LogP contribution in [0.3, 0.4) is 0 Å². The highest BCUT2D eigenvalue weighted by Gasteiger charge is 2.08. The molecule has 0 amide bonds. The van der Waals surface area contributed by atoms with Crippen LogP contribution in [-0.4, -0.2) is 0 Å². The van der Waals surface area contributed by atoms with Crippen molar-refractivity contribution in [1.82, 2.24) is 0 Å². The maximum Gasteiger partial charge on any atom is 0.00242 e. The van der Waals surface area contributed by atoms with Gasteiger partial charge in [-0.15, -0.1) is 0 Å². The number of fused-ring (bicyclic) bond motifs is 1. The molecule has 0 aromatic heterocycles. The Bertz CT molecular complexity index is 575. The van der Waals surface area contributed by atoms with Crippen LogP contribution in [0.15, 0.2) is 66.8 Å². The van der Waals surface area contributed by atoms with Crippen LogP contribution in [0.1, 0.15) is 24.3 Å². The zero-order valence-electron chi connectivity index (χ0n) is 9.84. The van der Waals surface area contributed by atoms with Gasteiger partial charge in [-0.2, -0.15) is 0 Å². The molecule has 1 unspecified atom stereocenters. The molecule has 0 heteroatoms. The minimum absolute atomic E-state index is 0.564. The second kappa shape index (κ2) is 4.58. The lowest BCUT2D eigenvalue weighted by atomic mass is 9.93. The third-order valence-electron chi connectivity index (χ3n) is 3.44. The highest BCUT2D eigenvalue weighted by atomic mass is 14.1. The first-order valence-corrected chi connectivity index (χ1v) is 6.25. The number of hydrogen-bond donors (Lipinski definition) is 0.